The number of unbranched alkanes of at least 4 members (excludes halogenated alkanes) is 36. The van der Waals surface area contributed by atoms with Gasteiger partial charge in [0.15, 0.2) is 0 Å². The zero-order valence-electron chi connectivity index (χ0n) is 41.0. The minimum absolute atomic E-state index is 0.0785. The molecule has 0 aromatic carbocycles. The quantitative estimate of drug-likeness (QED) is 0.0319. The molecule has 0 heterocycles. The third kappa shape index (κ3) is 45.5. The Balaban J connectivity index is 3.97. The Kier molecular flexibility index (Phi) is 43.4. The van der Waals surface area contributed by atoms with Crippen molar-refractivity contribution in [2.24, 2.45) is 0 Å². The molecule has 0 saturated heterocycles. The maximum Gasteiger partial charge on any atom is 0.472 e. The number of carbonyl (C=O) groups is 1. The fraction of sp³-hybridized carbons (Fsp3) is 0.980. The van der Waals surface area contributed by atoms with E-state index in [9.17, 15) is 19.4 Å². The molecule has 3 atom stereocenters. The minimum atomic E-state index is -4.31. The Hall–Kier alpha value is -0.500. The summed E-state index contributed by atoms with van der Waals surface area (Å²) in [6.07, 6.45) is 50.2. The molecular formula is C51H106N2O6P+. The number of hydrogen-bond donors (Lipinski definition) is 3. The first-order valence-corrected chi connectivity index (χ1v) is 27.9. The SMILES string of the molecule is CCCCCCCCCCCCCCCCCCCCCCCCCCCCCCC(=O)NC(COP(=O)(O)OCC[N+](C)(C)C)C(O)CCCCCCCCCCCC. The van der Waals surface area contributed by atoms with E-state index in [-0.39, 0.29) is 19.1 Å². The average molecular weight is 874 g/mol. The summed E-state index contributed by atoms with van der Waals surface area (Å²) in [4.78, 5) is 23.2. The van der Waals surface area contributed by atoms with Gasteiger partial charge in [-0.15, -0.1) is 0 Å². The molecule has 0 radical (unpaired) electrons. The van der Waals surface area contributed by atoms with Gasteiger partial charge in [0.2, 0.25) is 5.91 Å². The van der Waals surface area contributed by atoms with Crippen LogP contribution in [0, 0.1) is 0 Å². The van der Waals surface area contributed by atoms with E-state index in [1.54, 1.807) is 0 Å². The largest absolute Gasteiger partial charge is 0.472 e. The Labute approximate surface area is 374 Å². The van der Waals surface area contributed by atoms with Crippen LogP contribution >= 0.6 is 7.82 Å². The second-order valence-electron chi connectivity index (χ2n) is 19.6. The van der Waals surface area contributed by atoms with Gasteiger partial charge in [0.05, 0.1) is 39.9 Å². The number of carbonyl (C=O) groups excluding carboxylic acids is 1. The van der Waals surface area contributed by atoms with Crippen molar-refractivity contribution in [3.63, 3.8) is 0 Å². The van der Waals surface area contributed by atoms with Crippen LogP contribution in [0.15, 0.2) is 0 Å². The van der Waals surface area contributed by atoms with Gasteiger partial charge in [0.25, 0.3) is 0 Å². The van der Waals surface area contributed by atoms with Crippen molar-refractivity contribution in [2.75, 3.05) is 40.9 Å². The molecule has 0 aliphatic carbocycles. The molecule has 3 N–H and O–H groups in total. The number of aliphatic hydroxyl groups is 1. The molecule has 9 heteroatoms. The molecule has 60 heavy (non-hydrogen) atoms. The van der Waals surface area contributed by atoms with Gasteiger partial charge in [-0.2, -0.15) is 0 Å². The van der Waals surface area contributed by atoms with Crippen LogP contribution in [0.1, 0.15) is 271 Å². The molecule has 3 unspecified atom stereocenters. The summed E-state index contributed by atoms with van der Waals surface area (Å²) in [7, 11) is 1.63. The molecule has 8 nitrogen and oxygen atoms in total. The predicted octanol–water partition coefficient (Wildman–Crippen LogP) is 15.3. The second-order valence-corrected chi connectivity index (χ2v) is 21.1. The molecule has 0 spiro atoms. The molecule has 0 bridgehead atoms. The average Bonchev–Trinajstić information content (AvgIpc) is 3.20. The molecule has 0 aliphatic heterocycles. The lowest BCUT2D eigenvalue weighted by atomic mass is 10.0. The standard InChI is InChI=1S/C51H105N2O6P/c1-6-8-10-12-14-16-18-19-20-21-22-23-24-25-26-27-28-29-30-31-32-33-34-35-37-39-41-43-45-51(55)52-49(48-59-60(56,57)58-47-46-53(3,4)5)50(54)44-42-40-38-36-17-15-13-11-9-7-2/h49-50,54H,6-48H2,1-5H3,(H-,52,55,56,57)/p+1. The number of quaternary nitrogens is 1. The fourth-order valence-corrected chi connectivity index (χ4v) is 8.90. The minimum Gasteiger partial charge on any atom is -0.391 e. The van der Waals surface area contributed by atoms with Gasteiger partial charge in [-0.25, -0.2) is 4.57 Å². The summed E-state index contributed by atoms with van der Waals surface area (Å²) in [6.45, 7) is 4.91. The number of likely N-dealkylation sites (N-methyl/N-ethyl adjacent to an activating group) is 1. The number of hydrogen-bond acceptors (Lipinski definition) is 5. The summed E-state index contributed by atoms with van der Waals surface area (Å²) in [6, 6.07) is -0.752. The van der Waals surface area contributed by atoms with Gasteiger partial charge >= 0.3 is 7.82 Å². The van der Waals surface area contributed by atoms with E-state index in [4.69, 9.17) is 9.05 Å². The summed E-state index contributed by atoms with van der Waals surface area (Å²) in [5, 5.41) is 14.0. The van der Waals surface area contributed by atoms with E-state index in [1.165, 1.54) is 205 Å². The highest BCUT2D eigenvalue weighted by atomic mass is 31.2. The first-order valence-electron chi connectivity index (χ1n) is 26.4. The van der Waals surface area contributed by atoms with Gasteiger partial charge in [-0.3, -0.25) is 13.8 Å². The van der Waals surface area contributed by atoms with Crippen molar-refractivity contribution in [3.05, 3.63) is 0 Å². The van der Waals surface area contributed by atoms with Gasteiger partial charge < -0.3 is 19.8 Å². The van der Waals surface area contributed by atoms with Crippen molar-refractivity contribution < 1.29 is 32.9 Å². The number of phosphoric ester groups is 1. The first kappa shape index (κ1) is 59.5. The van der Waals surface area contributed by atoms with Gasteiger partial charge in [-0.1, -0.05) is 251 Å². The highest BCUT2D eigenvalue weighted by molar-refractivity contribution is 7.47. The van der Waals surface area contributed by atoms with Gasteiger partial charge in [0.1, 0.15) is 13.2 Å². The maximum atomic E-state index is 12.9. The van der Waals surface area contributed by atoms with Crippen molar-refractivity contribution in [2.45, 2.75) is 283 Å². The molecule has 360 valence electrons. The number of rotatable bonds is 49. The lowest BCUT2D eigenvalue weighted by molar-refractivity contribution is -0.870. The van der Waals surface area contributed by atoms with E-state index >= 15 is 0 Å². The van der Waals surface area contributed by atoms with Crippen molar-refractivity contribution in [3.8, 4) is 0 Å². The smallest absolute Gasteiger partial charge is 0.391 e. The normalized spacial score (nSPS) is 14.1. The molecule has 0 rings (SSSR count). The zero-order chi connectivity index (χ0) is 44.3. The molecule has 0 aromatic heterocycles. The van der Waals surface area contributed by atoms with Crippen molar-refractivity contribution >= 4 is 13.7 Å². The van der Waals surface area contributed by atoms with E-state index < -0.39 is 20.0 Å². The predicted molar refractivity (Wildman–Crippen MR) is 259 cm³/mol. The topological polar surface area (TPSA) is 105 Å². The van der Waals surface area contributed by atoms with Crippen LogP contribution in [0.4, 0.5) is 0 Å². The third-order valence-corrected chi connectivity index (χ3v) is 13.3. The van der Waals surface area contributed by atoms with E-state index in [1.807, 2.05) is 21.1 Å². The summed E-state index contributed by atoms with van der Waals surface area (Å²) < 4.78 is 23.6. The Morgan fingerprint density at radius 3 is 1.12 bits per heavy atom. The molecular weight excluding hydrogens is 768 g/mol. The molecule has 0 saturated carbocycles. The monoisotopic (exact) mass is 874 g/mol. The van der Waals surface area contributed by atoms with Crippen LogP contribution in [0.25, 0.3) is 0 Å². The Morgan fingerprint density at radius 2 is 0.800 bits per heavy atom. The van der Waals surface area contributed by atoms with Crippen LogP contribution < -0.4 is 5.32 Å². The number of aliphatic hydroxyl groups excluding tert-OH is 1. The van der Waals surface area contributed by atoms with E-state index in [0.717, 1.165) is 38.5 Å². The highest BCUT2D eigenvalue weighted by Gasteiger charge is 2.28. The Bertz CT molecular complexity index is 947. The van der Waals surface area contributed by atoms with Crippen LogP contribution in [0.5, 0.6) is 0 Å². The number of nitrogens with one attached hydrogen (secondary N) is 1. The van der Waals surface area contributed by atoms with Crippen LogP contribution in [0.3, 0.4) is 0 Å². The molecule has 1 amide bonds. The first-order chi connectivity index (χ1) is 29.0. The maximum absolute atomic E-state index is 12.9. The second kappa shape index (κ2) is 43.7. The molecule has 0 fully saturated rings. The number of nitrogens with zero attached hydrogens (tertiary/aromatic N) is 1. The van der Waals surface area contributed by atoms with Gasteiger partial charge in [-0.05, 0) is 12.8 Å². The van der Waals surface area contributed by atoms with Crippen molar-refractivity contribution in [1.29, 1.82) is 0 Å². The summed E-state index contributed by atoms with van der Waals surface area (Å²) in [5.74, 6) is -0.140. The number of amides is 1. The third-order valence-electron chi connectivity index (χ3n) is 12.4. The highest BCUT2D eigenvalue weighted by Crippen LogP contribution is 2.43. The fourth-order valence-electron chi connectivity index (χ4n) is 8.17. The van der Waals surface area contributed by atoms with Crippen LogP contribution in [0.2, 0.25) is 0 Å². The van der Waals surface area contributed by atoms with Gasteiger partial charge in [0, 0.05) is 6.42 Å². The lowest BCUT2D eigenvalue weighted by Crippen LogP contribution is -2.46. The zero-order valence-corrected chi connectivity index (χ0v) is 41.9. The number of phosphoric acid groups is 1. The molecule has 0 aromatic rings. The van der Waals surface area contributed by atoms with Crippen LogP contribution in [-0.2, 0) is 18.4 Å². The molecule has 0 aliphatic rings. The van der Waals surface area contributed by atoms with Crippen molar-refractivity contribution in [1.82, 2.24) is 5.32 Å². The Morgan fingerprint density at radius 1 is 0.500 bits per heavy atom. The van der Waals surface area contributed by atoms with E-state index in [0.29, 0.717) is 23.9 Å². The van der Waals surface area contributed by atoms with Crippen LogP contribution in [-0.4, -0.2) is 73.4 Å². The van der Waals surface area contributed by atoms with E-state index in [2.05, 4.69) is 19.2 Å². The summed E-state index contributed by atoms with van der Waals surface area (Å²) in [5.41, 5.74) is 0. The lowest BCUT2D eigenvalue weighted by Gasteiger charge is -2.26. The summed E-state index contributed by atoms with van der Waals surface area (Å²) >= 11 is 0.